The molecule has 3 aromatic rings. The molecule has 2 heterocycles. The third-order valence-corrected chi connectivity index (χ3v) is 6.19. The molecule has 0 saturated carbocycles. The van der Waals surface area contributed by atoms with Crippen molar-refractivity contribution in [1.82, 2.24) is 20.1 Å². The van der Waals surface area contributed by atoms with Gasteiger partial charge in [-0.3, -0.25) is 14.5 Å². The van der Waals surface area contributed by atoms with Gasteiger partial charge in [0.05, 0.1) is 0 Å². The van der Waals surface area contributed by atoms with Crippen LogP contribution in [0.1, 0.15) is 15.9 Å². The van der Waals surface area contributed by atoms with Crippen LogP contribution in [0, 0.1) is 0 Å². The number of carbonyl (C=O) groups is 2. The van der Waals surface area contributed by atoms with Crippen LogP contribution in [0.5, 0.6) is 0 Å². The molecule has 0 spiro atoms. The highest BCUT2D eigenvalue weighted by Gasteiger charge is 2.26. The number of nitrogens with zero attached hydrogens (tertiary/aromatic N) is 2. The number of halogens is 1. The summed E-state index contributed by atoms with van der Waals surface area (Å²) in [5.41, 5.74) is 1.41. The van der Waals surface area contributed by atoms with E-state index in [0.717, 1.165) is 31.6 Å². The number of para-hydroxylation sites is 1. The van der Waals surface area contributed by atoms with Crippen molar-refractivity contribution in [3.8, 4) is 0 Å². The van der Waals surface area contributed by atoms with Gasteiger partial charge in [0.1, 0.15) is 12.8 Å². The second-order valence-corrected chi connectivity index (χ2v) is 8.89. The first-order valence-corrected chi connectivity index (χ1v) is 11.5. The Morgan fingerprint density at radius 3 is 2.53 bits per heavy atom. The van der Waals surface area contributed by atoms with Crippen LogP contribution in [-0.4, -0.2) is 72.7 Å². The first kappa shape index (κ1) is 23.9. The second kappa shape index (κ2) is 10.8. The van der Waals surface area contributed by atoms with Gasteiger partial charge in [-0.25, -0.2) is 4.79 Å². The Kier molecular flexibility index (Phi) is 7.62. The molecule has 1 aliphatic rings. The summed E-state index contributed by atoms with van der Waals surface area (Å²) in [6.45, 7) is 3.53. The minimum atomic E-state index is -0.971. The Hall–Kier alpha value is -3.20. The molecule has 2 N–H and O–H groups in total. The summed E-state index contributed by atoms with van der Waals surface area (Å²) in [5, 5.41) is 4.10. The summed E-state index contributed by atoms with van der Waals surface area (Å²) in [6, 6.07) is 14.2. The Bertz CT molecular complexity index is 1220. The summed E-state index contributed by atoms with van der Waals surface area (Å²) in [5.74, 6) is -0.974. The van der Waals surface area contributed by atoms with Crippen LogP contribution >= 0.6 is 11.6 Å². The van der Waals surface area contributed by atoms with Gasteiger partial charge in [0.25, 0.3) is 5.91 Å². The number of fused-ring (bicyclic) bond motifs is 1. The first-order chi connectivity index (χ1) is 16.4. The molecule has 9 heteroatoms. The Balaban J connectivity index is 1.54. The molecule has 0 bridgehead atoms. The largest absolute Gasteiger partial charge is 0.448 e. The molecule has 34 heavy (non-hydrogen) atoms. The van der Waals surface area contributed by atoms with Gasteiger partial charge in [0, 0.05) is 60.2 Å². The third-order valence-electron chi connectivity index (χ3n) is 5.94. The molecule has 2 aromatic carbocycles. The van der Waals surface area contributed by atoms with Gasteiger partial charge >= 0.3 is 5.97 Å². The molecule has 4 rings (SSSR count). The van der Waals surface area contributed by atoms with Gasteiger partial charge in [-0.05, 0) is 42.9 Å². The van der Waals surface area contributed by atoms with Crippen LogP contribution in [-0.2, 0) is 16.0 Å². The van der Waals surface area contributed by atoms with Crippen LogP contribution in [0.3, 0.4) is 0 Å². The zero-order valence-electron chi connectivity index (χ0n) is 18.9. The van der Waals surface area contributed by atoms with Gasteiger partial charge in [0.15, 0.2) is 0 Å². The Labute approximate surface area is 202 Å². The normalized spacial score (nSPS) is 15.7. The van der Waals surface area contributed by atoms with Crippen molar-refractivity contribution in [3.63, 3.8) is 0 Å². The van der Waals surface area contributed by atoms with Gasteiger partial charge in [-0.15, -0.1) is 0 Å². The van der Waals surface area contributed by atoms with E-state index in [1.54, 1.807) is 30.3 Å². The maximum atomic E-state index is 13.1. The maximum Gasteiger partial charge on any atom is 0.330 e. The Morgan fingerprint density at radius 2 is 1.79 bits per heavy atom. The predicted molar refractivity (Wildman–Crippen MR) is 131 cm³/mol. The van der Waals surface area contributed by atoms with E-state index >= 15 is 0 Å². The van der Waals surface area contributed by atoms with Crippen LogP contribution in [0.2, 0.25) is 5.02 Å². The number of benzene rings is 2. The summed E-state index contributed by atoms with van der Waals surface area (Å²) in [6.07, 6.45) is 0.116. The second-order valence-electron chi connectivity index (χ2n) is 8.46. The number of amides is 1. The van der Waals surface area contributed by atoms with E-state index in [0.29, 0.717) is 21.7 Å². The molecular formula is C25H27ClN4O4. The van der Waals surface area contributed by atoms with Crippen molar-refractivity contribution in [2.24, 2.45) is 0 Å². The highest BCUT2D eigenvalue weighted by Crippen LogP contribution is 2.17. The van der Waals surface area contributed by atoms with Crippen LogP contribution in [0.25, 0.3) is 10.9 Å². The predicted octanol–water partition coefficient (Wildman–Crippen LogP) is 2.27. The van der Waals surface area contributed by atoms with E-state index in [1.807, 2.05) is 18.2 Å². The number of ether oxygens (including phenoxy) is 1. The Morgan fingerprint density at radius 1 is 1.09 bits per heavy atom. The minimum absolute atomic E-state index is 0.116. The van der Waals surface area contributed by atoms with Crippen molar-refractivity contribution in [2.75, 3.05) is 40.0 Å². The fraction of sp³-hybridized carbons (Fsp3) is 0.320. The lowest BCUT2D eigenvalue weighted by atomic mass is 10.0. The summed E-state index contributed by atoms with van der Waals surface area (Å²) < 4.78 is 5.60. The lowest BCUT2D eigenvalue weighted by Crippen LogP contribution is -2.48. The smallest absolute Gasteiger partial charge is 0.330 e. The fourth-order valence-corrected chi connectivity index (χ4v) is 4.06. The van der Waals surface area contributed by atoms with Crippen molar-refractivity contribution >= 4 is 34.4 Å². The monoisotopic (exact) mass is 482 g/mol. The zero-order valence-corrected chi connectivity index (χ0v) is 19.7. The number of aromatic amines is 1. The summed E-state index contributed by atoms with van der Waals surface area (Å²) in [4.78, 5) is 45.3. The summed E-state index contributed by atoms with van der Waals surface area (Å²) >= 11 is 5.93. The number of pyridine rings is 1. The lowest BCUT2D eigenvalue weighted by Gasteiger charge is -2.32. The van der Waals surface area contributed by atoms with Crippen LogP contribution in [0.4, 0.5) is 0 Å². The molecule has 0 aliphatic carbocycles. The zero-order chi connectivity index (χ0) is 24.1. The van der Waals surface area contributed by atoms with Gasteiger partial charge < -0.3 is 19.9 Å². The highest BCUT2D eigenvalue weighted by molar-refractivity contribution is 6.30. The van der Waals surface area contributed by atoms with Crippen LogP contribution in [0.15, 0.2) is 59.4 Å². The molecule has 0 radical (unpaired) electrons. The third kappa shape index (κ3) is 6.02. The molecule has 1 saturated heterocycles. The molecule has 1 amide bonds. The molecule has 8 nitrogen and oxygen atoms in total. The standard InChI is InChI=1S/C25H27ClN4O4/c1-29-10-12-30(13-11-29)16-34-25(33)22(28-24(32)17-6-8-19(26)9-7-17)14-18-15-23(31)27-21-5-3-2-4-20(18)21/h2-9,15,22H,10-14,16H2,1H3,(H,27,31)(H,28,32). The number of piperazine rings is 1. The van der Waals surface area contributed by atoms with E-state index in [1.165, 1.54) is 6.07 Å². The fourth-order valence-electron chi connectivity index (χ4n) is 3.93. The molecule has 178 valence electrons. The van der Waals surface area contributed by atoms with E-state index in [4.69, 9.17) is 16.3 Å². The molecule has 1 atom stereocenters. The van der Waals surface area contributed by atoms with Crippen LogP contribution < -0.4 is 10.9 Å². The number of aromatic nitrogens is 1. The maximum absolute atomic E-state index is 13.1. The molecule has 1 aromatic heterocycles. The number of nitrogens with one attached hydrogen (secondary N) is 2. The van der Waals surface area contributed by atoms with Crippen molar-refractivity contribution in [1.29, 1.82) is 0 Å². The van der Waals surface area contributed by atoms with Gasteiger partial charge in [-0.2, -0.15) is 0 Å². The number of hydrogen-bond acceptors (Lipinski definition) is 6. The average Bonchev–Trinajstić information content (AvgIpc) is 2.83. The number of rotatable bonds is 7. The quantitative estimate of drug-likeness (QED) is 0.502. The van der Waals surface area contributed by atoms with Gasteiger partial charge in [0.2, 0.25) is 5.56 Å². The van der Waals surface area contributed by atoms with E-state index in [2.05, 4.69) is 27.1 Å². The number of likely N-dealkylation sites (N-methyl/N-ethyl adjacent to an activating group) is 1. The van der Waals surface area contributed by atoms with Crippen molar-refractivity contribution in [2.45, 2.75) is 12.5 Å². The summed E-state index contributed by atoms with van der Waals surface area (Å²) in [7, 11) is 2.05. The number of H-pyrrole nitrogens is 1. The van der Waals surface area contributed by atoms with Gasteiger partial charge in [-0.1, -0.05) is 29.8 Å². The number of carbonyl (C=O) groups excluding carboxylic acids is 2. The molecule has 1 aliphatic heterocycles. The SMILES string of the molecule is CN1CCN(COC(=O)C(Cc2cc(=O)[nH]c3ccccc23)NC(=O)c2ccc(Cl)cc2)CC1. The van der Waals surface area contributed by atoms with E-state index in [9.17, 15) is 14.4 Å². The number of hydrogen-bond donors (Lipinski definition) is 2. The topological polar surface area (TPSA) is 94.7 Å². The van der Waals surface area contributed by atoms with E-state index < -0.39 is 17.9 Å². The minimum Gasteiger partial charge on any atom is -0.448 e. The van der Waals surface area contributed by atoms with E-state index in [-0.39, 0.29) is 18.7 Å². The molecule has 1 fully saturated rings. The lowest BCUT2D eigenvalue weighted by molar-refractivity contribution is -0.151. The van der Waals surface area contributed by atoms with Crippen molar-refractivity contribution in [3.05, 3.63) is 81.1 Å². The van der Waals surface area contributed by atoms with Crippen molar-refractivity contribution < 1.29 is 14.3 Å². The highest BCUT2D eigenvalue weighted by atomic mass is 35.5. The first-order valence-electron chi connectivity index (χ1n) is 11.1. The molecular weight excluding hydrogens is 456 g/mol. The average molecular weight is 483 g/mol. The number of esters is 1. The molecule has 1 unspecified atom stereocenters.